The Morgan fingerprint density at radius 3 is 2.27 bits per heavy atom. The van der Waals surface area contributed by atoms with Crippen molar-refractivity contribution in [1.29, 1.82) is 0 Å². The molecule has 5 rings (SSSR count). The Morgan fingerprint density at radius 1 is 1.00 bits per heavy atom. The smallest absolute Gasteiger partial charge is 0.254 e. The first-order valence-corrected chi connectivity index (χ1v) is 10.6. The summed E-state index contributed by atoms with van der Waals surface area (Å²) in [5.74, 6) is 1.51. The minimum absolute atomic E-state index is 0.114. The molecule has 1 amide bonds. The van der Waals surface area contributed by atoms with Gasteiger partial charge in [-0.2, -0.15) is 0 Å². The Hall–Kier alpha value is -2.93. The van der Waals surface area contributed by atoms with Crippen LogP contribution in [0.2, 0.25) is 5.02 Å². The maximum atomic E-state index is 13.3. The molecule has 1 saturated carbocycles. The Labute approximate surface area is 179 Å². The molecule has 0 spiro atoms. The standard InChI is InChI=1S/C22H22ClN5O2/c23-17-11-25-22(26-12-17)27-9-7-19(8-10-27)28(18-5-6-18)21(29)16-3-1-15(2-4-16)20-13-24-14-30-20/h1-4,11-14,18-19H,5-10H2. The van der Waals surface area contributed by atoms with E-state index >= 15 is 0 Å². The summed E-state index contributed by atoms with van der Waals surface area (Å²) in [6, 6.07) is 8.19. The molecule has 2 aliphatic rings. The summed E-state index contributed by atoms with van der Waals surface area (Å²) in [6.07, 6.45) is 10.3. The van der Waals surface area contributed by atoms with Gasteiger partial charge < -0.3 is 14.2 Å². The summed E-state index contributed by atoms with van der Waals surface area (Å²) < 4.78 is 5.34. The largest absolute Gasteiger partial charge is 0.444 e. The van der Waals surface area contributed by atoms with Gasteiger partial charge >= 0.3 is 0 Å². The lowest BCUT2D eigenvalue weighted by molar-refractivity contribution is 0.0630. The fourth-order valence-electron chi connectivity index (χ4n) is 4.08. The lowest BCUT2D eigenvalue weighted by Gasteiger charge is -2.39. The van der Waals surface area contributed by atoms with Gasteiger partial charge in [0.15, 0.2) is 12.2 Å². The monoisotopic (exact) mass is 423 g/mol. The molecule has 0 N–H and O–H groups in total. The highest BCUT2D eigenvalue weighted by Gasteiger charge is 2.39. The number of carbonyl (C=O) groups excluding carboxylic acids is 1. The highest BCUT2D eigenvalue weighted by molar-refractivity contribution is 6.30. The zero-order valence-corrected chi connectivity index (χ0v) is 17.2. The highest BCUT2D eigenvalue weighted by atomic mass is 35.5. The van der Waals surface area contributed by atoms with Gasteiger partial charge in [0.25, 0.3) is 5.91 Å². The van der Waals surface area contributed by atoms with Crippen molar-refractivity contribution in [2.75, 3.05) is 18.0 Å². The average Bonchev–Trinajstić information content (AvgIpc) is 3.46. The van der Waals surface area contributed by atoms with Crippen LogP contribution in [-0.4, -0.2) is 50.9 Å². The number of anilines is 1. The molecule has 1 aliphatic carbocycles. The molecular weight excluding hydrogens is 402 g/mol. The molecule has 1 saturated heterocycles. The number of halogens is 1. The van der Waals surface area contributed by atoms with E-state index in [1.165, 1.54) is 6.39 Å². The van der Waals surface area contributed by atoms with Gasteiger partial charge in [-0.1, -0.05) is 23.7 Å². The molecule has 3 heterocycles. The molecule has 2 aromatic heterocycles. The number of amides is 1. The average molecular weight is 424 g/mol. The number of hydrogen-bond acceptors (Lipinski definition) is 6. The number of oxazole rings is 1. The molecule has 0 atom stereocenters. The Balaban J connectivity index is 1.28. The summed E-state index contributed by atoms with van der Waals surface area (Å²) in [5.41, 5.74) is 1.63. The van der Waals surface area contributed by atoms with Gasteiger partial charge in [-0.05, 0) is 37.8 Å². The van der Waals surface area contributed by atoms with Crippen molar-refractivity contribution in [2.45, 2.75) is 37.8 Å². The van der Waals surface area contributed by atoms with Crippen LogP contribution in [0.1, 0.15) is 36.0 Å². The molecule has 3 aromatic rings. The van der Waals surface area contributed by atoms with E-state index in [-0.39, 0.29) is 11.9 Å². The van der Waals surface area contributed by atoms with Crippen LogP contribution in [-0.2, 0) is 0 Å². The molecule has 8 heteroatoms. The van der Waals surface area contributed by atoms with Gasteiger partial charge in [0.1, 0.15) is 0 Å². The van der Waals surface area contributed by atoms with Crippen molar-refractivity contribution in [3.05, 3.63) is 59.8 Å². The van der Waals surface area contributed by atoms with Crippen molar-refractivity contribution < 1.29 is 9.21 Å². The van der Waals surface area contributed by atoms with E-state index in [0.717, 1.165) is 44.3 Å². The third-order valence-electron chi connectivity index (χ3n) is 5.77. The molecule has 1 aliphatic heterocycles. The van der Waals surface area contributed by atoms with Gasteiger partial charge in [-0.15, -0.1) is 0 Å². The van der Waals surface area contributed by atoms with Crippen LogP contribution in [0.25, 0.3) is 11.3 Å². The topological polar surface area (TPSA) is 75.4 Å². The summed E-state index contributed by atoms with van der Waals surface area (Å²) >= 11 is 5.89. The van der Waals surface area contributed by atoms with Crippen LogP contribution in [0.4, 0.5) is 5.95 Å². The van der Waals surface area contributed by atoms with Gasteiger partial charge in [0.2, 0.25) is 5.95 Å². The van der Waals surface area contributed by atoms with Crippen molar-refractivity contribution in [3.63, 3.8) is 0 Å². The zero-order valence-electron chi connectivity index (χ0n) is 16.4. The Kier molecular flexibility index (Phi) is 5.12. The van der Waals surface area contributed by atoms with E-state index in [9.17, 15) is 4.79 Å². The maximum Gasteiger partial charge on any atom is 0.254 e. The quantitative estimate of drug-likeness (QED) is 0.616. The molecule has 0 bridgehead atoms. The van der Waals surface area contributed by atoms with E-state index < -0.39 is 0 Å². The maximum absolute atomic E-state index is 13.3. The fraction of sp³-hybridized carbons (Fsp3) is 0.364. The Bertz CT molecular complexity index is 995. The van der Waals surface area contributed by atoms with Crippen LogP contribution < -0.4 is 4.90 Å². The van der Waals surface area contributed by atoms with E-state index in [2.05, 4.69) is 24.8 Å². The second kappa shape index (κ2) is 8.07. The highest BCUT2D eigenvalue weighted by Crippen LogP contribution is 2.34. The van der Waals surface area contributed by atoms with E-state index in [0.29, 0.717) is 28.3 Å². The minimum Gasteiger partial charge on any atom is -0.444 e. The van der Waals surface area contributed by atoms with Crippen molar-refractivity contribution in [3.8, 4) is 11.3 Å². The second-order valence-corrected chi connectivity index (χ2v) is 8.24. The Morgan fingerprint density at radius 2 is 1.67 bits per heavy atom. The van der Waals surface area contributed by atoms with Crippen LogP contribution in [0.3, 0.4) is 0 Å². The summed E-state index contributed by atoms with van der Waals surface area (Å²) in [4.78, 5) is 30.2. The lowest BCUT2D eigenvalue weighted by atomic mass is 10.0. The van der Waals surface area contributed by atoms with Gasteiger partial charge in [0.05, 0.1) is 23.6 Å². The number of benzene rings is 1. The van der Waals surface area contributed by atoms with Crippen molar-refractivity contribution in [2.24, 2.45) is 0 Å². The lowest BCUT2D eigenvalue weighted by Crippen LogP contribution is -2.48. The number of aromatic nitrogens is 3. The summed E-state index contributed by atoms with van der Waals surface area (Å²) in [6.45, 7) is 1.65. The molecule has 2 fully saturated rings. The first-order valence-electron chi connectivity index (χ1n) is 10.2. The van der Waals surface area contributed by atoms with Gasteiger partial charge in [-0.3, -0.25) is 4.79 Å². The summed E-state index contributed by atoms with van der Waals surface area (Å²) in [7, 11) is 0. The molecule has 154 valence electrons. The third-order valence-corrected chi connectivity index (χ3v) is 5.97. The number of piperidine rings is 1. The van der Waals surface area contributed by atoms with Crippen LogP contribution >= 0.6 is 11.6 Å². The van der Waals surface area contributed by atoms with Gasteiger partial charge in [-0.25, -0.2) is 15.0 Å². The minimum atomic E-state index is 0.114. The number of nitrogens with zero attached hydrogens (tertiary/aromatic N) is 5. The number of carbonyl (C=O) groups is 1. The molecular formula is C22H22ClN5O2. The molecule has 7 nitrogen and oxygen atoms in total. The summed E-state index contributed by atoms with van der Waals surface area (Å²) in [5, 5.41) is 0.536. The van der Waals surface area contributed by atoms with Crippen LogP contribution in [0.5, 0.6) is 0 Å². The second-order valence-electron chi connectivity index (χ2n) is 7.81. The molecule has 1 aromatic carbocycles. The normalized spacial score (nSPS) is 17.2. The predicted molar refractivity (Wildman–Crippen MR) is 113 cm³/mol. The first kappa shape index (κ1) is 19.1. The molecule has 0 radical (unpaired) electrons. The van der Waals surface area contributed by atoms with E-state index in [4.69, 9.17) is 16.0 Å². The fourth-order valence-corrected chi connectivity index (χ4v) is 4.18. The number of rotatable bonds is 5. The first-order chi connectivity index (χ1) is 14.7. The van der Waals surface area contributed by atoms with E-state index in [1.807, 2.05) is 24.3 Å². The third kappa shape index (κ3) is 3.89. The van der Waals surface area contributed by atoms with Crippen molar-refractivity contribution in [1.82, 2.24) is 19.9 Å². The predicted octanol–water partition coefficient (Wildman–Crippen LogP) is 4.06. The molecule has 0 unspecified atom stereocenters. The van der Waals surface area contributed by atoms with Crippen molar-refractivity contribution >= 4 is 23.5 Å². The van der Waals surface area contributed by atoms with Crippen LogP contribution in [0, 0.1) is 0 Å². The SMILES string of the molecule is O=C(c1ccc(-c2cnco2)cc1)N(C1CC1)C1CCN(c2ncc(Cl)cn2)CC1. The zero-order chi connectivity index (χ0) is 20.5. The van der Waals surface area contributed by atoms with E-state index in [1.54, 1.807) is 18.6 Å². The van der Waals surface area contributed by atoms with Crippen LogP contribution in [0.15, 0.2) is 53.7 Å². The van der Waals surface area contributed by atoms with Gasteiger partial charge in [0, 0.05) is 36.3 Å². The molecule has 30 heavy (non-hydrogen) atoms. The number of hydrogen-bond donors (Lipinski definition) is 0.